The first-order valence-electron chi connectivity index (χ1n) is 9.15. The predicted octanol–water partition coefficient (Wildman–Crippen LogP) is 2.77. The van der Waals surface area contributed by atoms with Crippen LogP contribution in [0, 0.1) is 12.8 Å². The summed E-state index contributed by atoms with van der Waals surface area (Å²) in [4.78, 5) is 15.1. The highest BCUT2D eigenvalue weighted by Crippen LogP contribution is 2.30. The molecule has 5 nitrogen and oxygen atoms in total. The van der Waals surface area contributed by atoms with Gasteiger partial charge < -0.3 is 10.2 Å². The number of nitrogens with zero attached hydrogens (tertiary/aromatic N) is 3. The summed E-state index contributed by atoms with van der Waals surface area (Å²) >= 11 is 0. The molecule has 0 unspecified atom stereocenters. The van der Waals surface area contributed by atoms with Crippen LogP contribution in [0.15, 0.2) is 6.20 Å². The van der Waals surface area contributed by atoms with Crippen molar-refractivity contribution in [3.05, 3.63) is 17.5 Å². The molecule has 1 amide bonds. The van der Waals surface area contributed by atoms with Gasteiger partial charge in [-0.25, -0.2) is 0 Å². The van der Waals surface area contributed by atoms with Gasteiger partial charge in [0.05, 0.1) is 11.8 Å². The maximum atomic E-state index is 12.5. The summed E-state index contributed by atoms with van der Waals surface area (Å²) in [5.41, 5.74) is 1.70. The minimum atomic E-state index is 0.0395. The largest absolute Gasteiger partial charge is 0.349 e. The highest BCUT2D eigenvalue weighted by molar-refractivity contribution is 5.95. The fourth-order valence-electron chi connectivity index (χ4n) is 3.45. The number of piperidine rings is 1. The van der Waals surface area contributed by atoms with Crippen molar-refractivity contribution in [3.63, 3.8) is 0 Å². The van der Waals surface area contributed by atoms with Crippen molar-refractivity contribution in [3.8, 4) is 0 Å². The lowest BCUT2D eigenvalue weighted by molar-refractivity contribution is 0.0909. The molecule has 0 aromatic carbocycles. The number of aromatic nitrogens is 2. The monoisotopic (exact) mass is 318 g/mol. The first kappa shape index (κ1) is 16.5. The summed E-state index contributed by atoms with van der Waals surface area (Å²) < 4.78 is 1.97. The Labute approximate surface area is 139 Å². The summed E-state index contributed by atoms with van der Waals surface area (Å²) in [6.45, 7) is 9.77. The number of carbonyl (C=O) groups is 1. The zero-order chi connectivity index (χ0) is 16.4. The first-order valence-corrected chi connectivity index (χ1v) is 9.15. The Bertz CT molecular complexity index is 541. The van der Waals surface area contributed by atoms with E-state index < -0.39 is 0 Å². The number of rotatable bonds is 6. The van der Waals surface area contributed by atoms with E-state index >= 15 is 0 Å². The number of carbonyl (C=O) groups excluding carboxylic acids is 1. The lowest BCUT2D eigenvalue weighted by atomic mass is 10.0. The highest BCUT2D eigenvalue weighted by atomic mass is 16.1. The molecule has 5 heteroatoms. The van der Waals surface area contributed by atoms with E-state index in [1.807, 2.05) is 11.6 Å². The summed E-state index contributed by atoms with van der Waals surface area (Å²) in [5, 5.41) is 7.62. The second-order valence-corrected chi connectivity index (χ2v) is 7.34. The molecule has 3 rings (SSSR count). The van der Waals surface area contributed by atoms with Crippen LogP contribution in [-0.2, 0) is 0 Å². The van der Waals surface area contributed by atoms with Crippen LogP contribution in [0.1, 0.15) is 68.0 Å². The molecule has 128 valence electrons. The van der Waals surface area contributed by atoms with E-state index in [0.717, 1.165) is 49.5 Å². The van der Waals surface area contributed by atoms with Gasteiger partial charge in [-0.3, -0.25) is 9.48 Å². The van der Waals surface area contributed by atoms with Gasteiger partial charge in [-0.1, -0.05) is 6.92 Å². The Morgan fingerprint density at radius 2 is 2.04 bits per heavy atom. The fourth-order valence-corrected chi connectivity index (χ4v) is 3.45. The third-order valence-corrected chi connectivity index (χ3v) is 5.43. The quantitative estimate of drug-likeness (QED) is 0.877. The smallest absolute Gasteiger partial charge is 0.254 e. The van der Waals surface area contributed by atoms with Crippen LogP contribution in [0.3, 0.4) is 0 Å². The van der Waals surface area contributed by atoms with Crippen molar-refractivity contribution < 1.29 is 4.79 Å². The minimum Gasteiger partial charge on any atom is -0.349 e. The zero-order valence-electron chi connectivity index (χ0n) is 14.7. The molecule has 2 heterocycles. The minimum absolute atomic E-state index is 0.0395. The van der Waals surface area contributed by atoms with E-state index in [1.54, 1.807) is 6.20 Å². The van der Waals surface area contributed by atoms with Crippen LogP contribution in [0.5, 0.6) is 0 Å². The predicted molar refractivity (Wildman–Crippen MR) is 91.6 cm³/mol. The van der Waals surface area contributed by atoms with Gasteiger partial charge in [0.1, 0.15) is 0 Å². The molecule has 1 saturated heterocycles. The van der Waals surface area contributed by atoms with Crippen LogP contribution in [-0.4, -0.2) is 46.3 Å². The Morgan fingerprint density at radius 1 is 1.35 bits per heavy atom. The van der Waals surface area contributed by atoms with E-state index in [0.29, 0.717) is 12.1 Å². The molecule has 1 saturated carbocycles. The molecular weight excluding hydrogens is 288 g/mol. The molecular formula is C18H30N4O. The fraction of sp³-hybridized carbons (Fsp3) is 0.778. The van der Waals surface area contributed by atoms with Gasteiger partial charge in [0.25, 0.3) is 5.91 Å². The van der Waals surface area contributed by atoms with Crippen molar-refractivity contribution >= 4 is 5.91 Å². The van der Waals surface area contributed by atoms with Gasteiger partial charge in [0.2, 0.25) is 0 Å². The lowest BCUT2D eigenvalue weighted by Crippen LogP contribution is -2.45. The van der Waals surface area contributed by atoms with E-state index in [4.69, 9.17) is 0 Å². The van der Waals surface area contributed by atoms with Crippen LogP contribution in [0.2, 0.25) is 0 Å². The summed E-state index contributed by atoms with van der Waals surface area (Å²) in [5.74, 6) is 0.993. The maximum Gasteiger partial charge on any atom is 0.254 e. The summed E-state index contributed by atoms with van der Waals surface area (Å²) in [7, 11) is 0. The van der Waals surface area contributed by atoms with Crippen LogP contribution >= 0.6 is 0 Å². The maximum absolute atomic E-state index is 12.5. The van der Waals surface area contributed by atoms with Crippen molar-refractivity contribution in [1.82, 2.24) is 20.0 Å². The third-order valence-electron chi connectivity index (χ3n) is 5.43. The van der Waals surface area contributed by atoms with Gasteiger partial charge in [-0.05, 0) is 51.9 Å². The van der Waals surface area contributed by atoms with Crippen molar-refractivity contribution in [2.45, 2.75) is 65.0 Å². The van der Waals surface area contributed by atoms with Crippen molar-refractivity contribution in [1.29, 1.82) is 0 Å². The number of hydrogen-bond donors (Lipinski definition) is 1. The number of amides is 1. The van der Waals surface area contributed by atoms with Crippen LogP contribution < -0.4 is 5.32 Å². The molecule has 1 aliphatic carbocycles. The summed E-state index contributed by atoms with van der Waals surface area (Å²) in [6, 6.07) is 0.645. The highest BCUT2D eigenvalue weighted by Gasteiger charge is 2.28. The Kier molecular flexibility index (Phi) is 5.05. The molecule has 1 N–H and O–H groups in total. The third kappa shape index (κ3) is 3.94. The SMILES string of the molecule is CC[C@H](C)n1ncc(C(=O)NC2CCN(CC3CC3)CC2)c1C. The normalized spacial score (nSPS) is 21.3. The Balaban J connectivity index is 1.52. The Morgan fingerprint density at radius 3 is 2.65 bits per heavy atom. The summed E-state index contributed by atoms with van der Waals surface area (Å²) in [6.07, 6.45) is 7.70. The topological polar surface area (TPSA) is 50.2 Å². The van der Waals surface area contributed by atoms with E-state index in [9.17, 15) is 4.79 Å². The van der Waals surface area contributed by atoms with E-state index in [-0.39, 0.29) is 5.91 Å². The van der Waals surface area contributed by atoms with Crippen molar-refractivity contribution in [2.24, 2.45) is 5.92 Å². The molecule has 1 aromatic heterocycles. The average Bonchev–Trinajstić information content (AvgIpc) is 3.28. The van der Waals surface area contributed by atoms with Gasteiger partial charge in [0, 0.05) is 37.4 Å². The molecule has 0 radical (unpaired) electrons. The molecule has 2 fully saturated rings. The molecule has 2 aliphatic rings. The molecule has 0 spiro atoms. The molecule has 1 aliphatic heterocycles. The van der Waals surface area contributed by atoms with Gasteiger partial charge in [0.15, 0.2) is 0 Å². The van der Waals surface area contributed by atoms with Crippen molar-refractivity contribution in [2.75, 3.05) is 19.6 Å². The average molecular weight is 318 g/mol. The molecule has 23 heavy (non-hydrogen) atoms. The Hall–Kier alpha value is -1.36. The standard InChI is InChI=1S/C18H30N4O/c1-4-13(2)22-14(3)17(11-19-22)18(23)20-16-7-9-21(10-8-16)12-15-5-6-15/h11,13,15-16H,4-10,12H2,1-3H3,(H,20,23)/t13-/m0/s1. The van der Waals surface area contributed by atoms with Gasteiger partial charge in [-0.15, -0.1) is 0 Å². The second-order valence-electron chi connectivity index (χ2n) is 7.34. The molecule has 1 aromatic rings. The lowest BCUT2D eigenvalue weighted by Gasteiger charge is -2.32. The second kappa shape index (κ2) is 7.04. The van der Waals surface area contributed by atoms with Gasteiger partial charge in [-0.2, -0.15) is 5.10 Å². The van der Waals surface area contributed by atoms with E-state index in [1.165, 1.54) is 19.4 Å². The number of hydrogen-bond acceptors (Lipinski definition) is 3. The molecule has 0 bridgehead atoms. The van der Waals surface area contributed by atoms with E-state index in [2.05, 4.69) is 29.2 Å². The molecule has 1 atom stereocenters. The zero-order valence-corrected chi connectivity index (χ0v) is 14.7. The van der Waals surface area contributed by atoms with Crippen LogP contribution in [0.25, 0.3) is 0 Å². The number of likely N-dealkylation sites (tertiary alicyclic amines) is 1. The van der Waals surface area contributed by atoms with Gasteiger partial charge >= 0.3 is 0 Å². The first-order chi connectivity index (χ1) is 11.1. The van der Waals surface area contributed by atoms with Crippen LogP contribution in [0.4, 0.5) is 0 Å². The number of nitrogens with one attached hydrogen (secondary N) is 1.